The van der Waals surface area contributed by atoms with E-state index in [1.807, 2.05) is 36.4 Å². The lowest BCUT2D eigenvalue weighted by Gasteiger charge is -2.03. The van der Waals surface area contributed by atoms with Crippen LogP contribution < -0.4 is 0 Å². The molecule has 6 heteroatoms. The summed E-state index contributed by atoms with van der Waals surface area (Å²) in [7, 11) is 0. The second-order valence-corrected chi connectivity index (χ2v) is 9.10. The fraction of sp³-hybridized carbons (Fsp3) is 0.125. The minimum atomic E-state index is -0.213. The molecule has 0 radical (unpaired) electrons. The summed E-state index contributed by atoms with van der Waals surface area (Å²) in [5.74, 6) is -0.357. The maximum absolute atomic E-state index is 12.7. The summed E-state index contributed by atoms with van der Waals surface area (Å²) in [6.45, 7) is 2.86. The van der Waals surface area contributed by atoms with E-state index in [2.05, 4.69) is 35.5 Å². The standard InChI is InChI=1S/C24H19NO3S2/c1-15(26)14-28-25-16(2)24(27)17-8-10-22-20(12-17)21-13-19(9-11-23(21)30-22)29-18-6-4-3-5-7-18/h3-13H,14H2,1-2H3/b25-16+. The van der Waals surface area contributed by atoms with Gasteiger partial charge in [-0.15, -0.1) is 11.3 Å². The Labute approximate surface area is 182 Å². The van der Waals surface area contributed by atoms with E-state index >= 15 is 0 Å². The van der Waals surface area contributed by atoms with Gasteiger partial charge in [0.25, 0.3) is 0 Å². The van der Waals surface area contributed by atoms with Gasteiger partial charge >= 0.3 is 0 Å². The van der Waals surface area contributed by atoms with Crippen LogP contribution in [0, 0.1) is 0 Å². The highest BCUT2D eigenvalue weighted by atomic mass is 32.2. The zero-order valence-electron chi connectivity index (χ0n) is 16.5. The van der Waals surface area contributed by atoms with Gasteiger partial charge in [-0.1, -0.05) is 35.1 Å². The predicted octanol–water partition coefficient (Wildman–Crippen LogP) is 6.37. The molecule has 1 aromatic heterocycles. The van der Waals surface area contributed by atoms with E-state index in [-0.39, 0.29) is 23.9 Å². The Balaban J connectivity index is 1.67. The quantitative estimate of drug-likeness (QED) is 0.193. The summed E-state index contributed by atoms with van der Waals surface area (Å²) < 4.78 is 2.31. The number of rotatable bonds is 7. The van der Waals surface area contributed by atoms with E-state index in [0.717, 1.165) is 20.4 Å². The van der Waals surface area contributed by atoms with Crippen molar-refractivity contribution in [2.75, 3.05) is 6.61 Å². The number of hydrogen-bond acceptors (Lipinski definition) is 6. The third-order valence-electron chi connectivity index (χ3n) is 4.48. The number of carbonyl (C=O) groups is 2. The van der Waals surface area contributed by atoms with Gasteiger partial charge in [0.2, 0.25) is 5.78 Å². The molecule has 0 atom stereocenters. The highest BCUT2D eigenvalue weighted by Crippen LogP contribution is 2.38. The number of benzene rings is 3. The van der Waals surface area contributed by atoms with Crippen molar-refractivity contribution in [2.24, 2.45) is 5.16 Å². The maximum atomic E-state index is 12.7. The number of ketones is 2. The van der Waals surface area contributed by atoms with Gasteiger partial charge in [-0.2, -0.15) is 0 Å². The first kappa shape index (κ1) is 20.3. The number of hydrogen-bond donors (Lipinski definition) is 0. The molecule has 0 N–H and O–H groups in total. The number of nitrogens with zero attached hydrogens (tertiary/aromatic N) is 1. The number of carbonyl (C=O) groups excluding carboxylic acids is 2. The number of oxime groups is 1. The summed E-state index contributed by atoms with van der Waals surface area (Å²) in [4.78, 5) is 31.0. The van der Waals surface area contributed by atoms with E-state index in [1.54, 1.807) is 30.0 Å². The van der Waals surface area contributed by atoms with Gasteiger partial charge in [-0.05, 0) is 62.4 Å². The molecule has 0 saturated carbocycles. The lowest BCUT2D eigenvalue weighted by atomic mass is 10.0. The molecule has 0 saturated heterocycles. The van der Waals surface area contributed by atoms with Crippen LogP contribution in [0.2, 0.25) is 0 Å². The van der Waals surface area contributed by atoms with Gasteiger partial charge in [0.05, 0.1) is 0 Å². The lowest BCUT2D eigenvalue weighted by molar-refractivity contribution is -0.121. The molecule has 4 nitrogen and oxygen atoms in total. The van der Waals surface area contributed by atoms with Crippen LogP contribution in [-0.2, 0) is 9.63 Å². The minimum absolute atomic E-state index is 0.138. The highest BCUT2D eigenvalue weighted by Gasteiger charge is 2.14. The SMILES string of the molecule is CC(=O)CO/N=C(\C)C(=O)c1ccc2sc3ccc(Sc4ccccc4)cc3c2c1. The number of fused-ring (bicyclic) bond motifs is 3. The molecule has 0 aliphatic heterocycles. The monoisotopic (exact) mass is 433 g/mol. The molecule has 0 aliphatic rings. The van der Waals surface area contributed by atoms with Crippen LogP contribution >= 0.6 is 23.1 Å². The third kappa shape index (κ3) is 4.45. The molecular weight excluding hydrogens is 414 g/mol. The first-order valence-electron chi connectivity index (χ1n) is 9.41. The van der Waals surface area contributed by atoms with Gasteiger partial charge in [-0.3, -0.25) is 9.59 Å². The minimum Gasteiger partial charge on any atom is -0.387 e. The van der Waals surface area contributed by atoms with Crippen molar-refractivity contribution in [2.45, 2.75) is 23.6 Å². The van der Waals surface area contributed by atoms with E-state index in [9.17, 15) is 9.59 Å². The molecule has 1 heterocycles. The van der Waals surface area contributed by atoms with E-state index in [4.69, 9.17) is 4.84 Å². The molecule has 0 fully saturated rings. The van der Waals surface area contributed by atoms with Crippen LogP contribution in [0.3, 0.4) is 0 Å². The Morgan fingerprint density at radius 3 is 2.33 bits per heavy atom. The first-order valence-corrected chi connectivity index (χ1v) is 11.0. The van der Waals surface area contributed by atoms with Gasteiger partial charge in [0, 0.05) is 35.5 Å². The molecule has 30 heavy (non-hydrogen) atoms. The average Bonchev–Trinajstić information content (AvgIpc) is 3.11. The normalized spacial score (nSPS) is 11.7. The summed E-state index contributed by atoms with van der Waals surface area (Å²) in [5.41, 5.74) is 0.770. The third-order valence-corrected chi connectivity index (χ3v) is 6.63. The summed E-state index contributed by atoms with van der Waals surface area (Å²) >= 11 is 3.43. The largest absolute Gasteiger partial charge is 0.387 e. The fourth-order valence-corrected chi connectivity index (χ4v) is 5.00. The van der Waals surface area contributed by atoms with Crippen LogP contribution in [0.1, 0.15) is 24.2 Å². The zero-order chi connectivity index (χ0) is 21.1. The Morgan fingerprint density at radius 1 is 0.900 bits per heavy atom. The van der Waals surface area contributed by atoms with Crippen LogP contribution in [-0.4, -0.2) is 23.9 Å². The van der Waals surface area contributed by atoms with Crippen LogP contribution in [0.4, 0.5) is 0 Å². The average molecular weight is 434 g/mol. The number of thiophene rings is 1. The van der Waals surface area contributed by atoms with Crippen molar-refractivity contribution in [3.05, 3.63) is 72.3 Å². The van der Waals surface area contributed by atoms with Crippen molar-refractivity contribution >= 4 is 60.5 Å². The molecule has 4 rings (SSSR count). The lowest BCUT2D eigenvalue weighted by Crippen LogP contribution is -2.12. The molecule has 150 valence electrons. The van der Waals surface area contributed by atoms with Crippen LogP contribution in [0.25, 0.3) is 20.2 Å². The van der Waals surface area contributed by atoms with Gasteiger partial charge in [0.1, 0.15) is 5.71 Å². The van der Waals surface area contributed by atoms with Gasteiger partial charge in [0.15, 0.2) is 12.4 Å². The smallest absolute Gasteiger partial charge is 0.210 e. The topological polar surface area (TPSA) is 55.7 Å². The van der Waals surface area contributed by atoms with E-state index in [1.165, 1.54) is 16.5 Å². The van der Waals surface area contributed by atoms with Crippen molar-refractivity contribution in [3.8, 4) is 0 Å². The van der Waals surface area contributed by atoms with Crippen molar-refractivity contribution in [1.82, 2.24) is 0 Å². The summed E-state index contributed by atoms with van der Waals surface area (Å²) in [6, 6.07) is 22.4. The van der Waals surface area contributed by atoms with Gasteiger partial charge < -0.3 is 4.84 Å². The predicted molar refractivity (Wildman–Crippen MR) is 124 cm³/mol. The Bertz CT molecular complexity index is 1280. The molecule has 0 aliphatic carbocycles. The molecule has 0 spiro atoms. The molecule has 3 aromatic carbocycles. The van der Waals surface area contributed by atoms with Crippen molar-refractivity contribution in [1.29, 1.82) is 0 Å². The summed E-state index contributed by atoms with van der Waals surface area (Å²) in [6.07, 6.45) is 0. The second-order valence-electron chi connectivity index (χ2n) is 6.87. The Kier molecular flexibility index (Phi) is 5.97. The summed E-state index contributed by atoms with van der Waals surface area (Å²) in [5, 5.41) is 5.96. The fourth-order valence-electron chi connectivity index (χ4n) is 3.06. The second kappa shape index (κ2) is 8.81. The molecule has 4 aromatic rings. The zero-order valence-corrected chi connectivity index (χ0v) is 18.2. The first-order chi connectivity index (χ1) is 14.5. The van der Waals surface area contributed by atoms with Crippen molar-refractivity contribution in [3.63, 3.8) is 0 Å². The van der Waals surface area contributed by atoms with E-state index in [0.29, 0.717) is 5.56 Å². The maximum Gasteiger partial charge on any atom is 0.210 e. The van der Waals surface area contributed by atoms with Crippen LogP contribution in [0.5, 0.6) is 0 Å². The molecule has 0 unspecified atom stereocenters. The molecule has 0 bridgehead atoms. The Hall–Kier alpha value is -2.96. The molecule has 0 amide bonds. The van der Waals surface area contributed by atoms with Crippen molar-refractivity contribution < 1.29 is 14.4 Å². The Morgan fingerprint density at radius 2 is 1.60 bits per heavy atom. The van der Waals surface area contributed by atoms with E-state index < -0.39 is 0 Å². The molecular formula is C24H19NO3S2. The van der Waals surface area contributed by atoms with Gasteiger partial charge in [-0.25, -0.2) is 0 Å². The number of Topliss-reactive ketones (excluding diaryl/α,β-unsaturated/α-hetero) is 2. The highest BCUT2D eigenvalue weighted by molar-refractivity contribution is 7.99. The van der Waals surface area contributed by atoms with Crippen LogP contribution in [0.15, 0.2) is 81.7 Å².